The minimum absolute atomic E-state index is 0.324. The van der Waals surface area contributed by atoms with Crippen LogP contribution in [0.1, 0.15) is 24.0 Å². The first-order valence-corrected chi connectivity index (χ1v) is 8.95. The minimum Gasteiger partial charge on any atom is -0.486 e. The molecule has 2 aromatic rings. The Hall–Kier alpha value is -1.26. The van der Waals surface area contributed by atoms with Crippen LogP contribution < -0.4 is 10.1 Å². The molecule has 1 aliphatic heterocycles. The number of rotatable bonds is 7. The van der Waals surface area contributed by atoms with E-state index in [1.165, 1.54) is 0 Å². The zero-order valence-electron chi connectivity index (χ0n) is 13.4. The lowest BCUT2D eigenvalue weighted by Gasteiger charge is -2.14. The number of nitrogens with one attached hydrogen (secondary N) is 1. The van der Waals surface area contributed by atoms with Gasteiger partial charge in [-0.3, -0.25) is 0 Å². The fraction of sp³-hybridized carbons (Fsp3) is 0.368. The smallest absolute Gasteiger partial charge is 0.156 e. The van der Waals surface area contributed by atoms with Crippen molar-refractivity contribution in [1.82, 2.24) is 5.32 Å². The molecule has 1 unspecified atom stereocenters. The Morgan fingerprint density at radius 1 is 1.08 bits per heavy atom. The summed E-state index contributed by atoms with van der Waals surface area (Å²) >= 11 is 12.7. The quantitative estimate of drug-likeness (QED) is 0.761. The molecule has 0 amide bonds. The Balaban J connectivity index is 1.56. The van der Waals surface area contributed by atoms with Gasteiger partial charge >= 0.3 is 0 Å². The van der Waals surface area contributed by atoms with Crippen LogP contribution in [0.15, 0.2) is 42.5 Å². The van der Waals surface area contributed by atoms with E-state index in [0.717, 1.165) is 37.1 Å². The van der Waals surface area contributed by atoms with Crippen molar-refractivity contribution in [2.24, 2.45) is 0 Å². The topological polar surface area (TPSA) is 30.5 Å². The molecule has 0 aliphatic carbocycles. The average Bonchev–Trinajstić information content (AvgIpc) is 3.08. The van der Waals surface area contributed by atoms with Gasteiger partial charge in [-0.2, -0.15) is 0 Å². The van der Waals surface area contributed by atoms with Gasteiger partial charge in [0, 0.05) is 19.7 Å². The molecule has 1 N–H and O–H groups in total. The van der Waals surface area contributed by atoms with E-state index >= 15 is 0 Å². The molecule has 5 heteroatoms. The number of ether oxygens (including phenoxy) is 2. The fourth-order valence-electron chi connectivity index (χ4n) is 2.76. The third kappa shape index (κ3) is 4.87. The Bertz CT molecular complexity index is 635. The molecule has 0 saturated carbocycles. The van der Waals surface area contributed by atoms with E-state index in [0.29, 0.717) is 35.1 Å². The van der Waals surface area contributed by atoms with Crippen molar-refractivity contribution in [3.8, 4) is 5.75 Å². The SMILES string of the molecule is Clc1cc(CNCC2CCCO2)cc(Cl)c1OCc1ccccc1. The van der Waals surface area contributed by atoms with Gasteiger partial charge in [-0.1, -0.05) is 53.5 Å². The molecule has 0 radical (unpaired) electrons. The molecule has 1 aliphatic rings. The number of halogens is 2. The van der Waals surface area contributed by atoms with Crippen molar-refractivity contribution in [1.29, 1.82) is 0 Å². The predicted molar refractivity (Wildman–Crippen MR) is 97.9 cm³/mol. The molecule has 0 aromatic heterocycles. The van der Waals surface area contributed by atoms with Gasteiger partial charge in [0.1, 0.15) is 6.61 Å². The lowest BCUT2D eigenvalue weighted by molar-refractivity contribution is 0.110. The summed E-state index contributed by atoms with van der Waals surface area (Å²) in [5.41, 5.74) is 2.11. The monoisotopic (exact) mass is 365 g/mol. The summed E-state index contributed by atoms with van der Waals surface area (Å²) in [5.74, 6) is 0.532. The normalized spacial score (nSPS) is 17.2. The first kappa shape index (κ1) is 17.6. The standard InChI is InChI=1S/C19H21Cl2NO2/c20-17-9-15(11-22-12-16-7-4-8-23-16)10-18(21)19(17)24-13-14-5-2-1-3-6-14/h1-3,5-6,9-10,16,22H,4,7-8,11-13H2. The number of hydrogen-bond acceptors (Lipinski definition) is 3. The van der Waals surface area contributed by atoms with Crippen LogP contribution in [0.3, 0.4) is 0 Å². The highest BCUT2D eigenvalue weighted by molar-refractivity contribution is 6.37. The Labute approximate surface area is 152 Å². The molecular weight excluding hydrogens is 345 g/mol. The molecule has 1 heterocycles. The van der Waals surface area contributed by atoms with Gasteiger partial charge in [0.05, 0.1) is 16.1 Å². The summed E-state index contributed by atoms with van der Waals surface area (Å²) in [6, 6.07) is 13.7. The average molecular weight is 366 g/mol. The van der Waals surface area contributed by atoms with E-state index in [1.54, 1.807) is 0 Å². The van der Waals surface area contributed by atoms with Crippen LogP contribution >= 0.6 is 23.2 Å². The summed E-state index contributed by atoms with van der Waals surface area (Å²) in [6.45, 7) is 2.87. The van der Waals surface area contributed by atoms with E-state index in [9.17, 15) is 0 Å². The highest BCUT2D eigenvalue weighted by atomic mass is 35.5. The van der Waals surface area contributed by atoms with Crippen LogP contribution in [-0.2, 0) is 17.9 Å². The Kier molecular flexibility index (Phi) is 6.38. The van der Waals surface area contributed by atoms with Crippen molar-refractivity contribution in [2.45, 2.75) is 32.1 Å². The van der Waals surface area contributed by atoms with Gasteiger partial charge in [0.2, 0.25) is 0 Å². The van der Waals surface area contributed by atoms with E-state index in [4.69, 9.17) is 32.7 Å². The first-order chi connectivity index (χ1) is 11.7. The zero-order chi connectivity index (χ0) is 16.8. The van der Waals surface area contributed by atoms with Crippen LogP contribution in [0.4, 0.5) is 0 Å². The van der Waals surface area contributed by atoms with E-state index < -0.39 is 0 Å². The predicted octanol–water partition coefficient (Wildman–Crippen LogP) is 4.84. The molecule has 128 valence electrons. The summed E-state index contributed by atoms with van der Waals surface area (Å²) in [7, 11) is 0. The third-order valence-corrected chi connectivity index (χ3v) is 4.57. The lowest BCUT2D eigenvalue weighted by Crippen LogP contribution is -2.25. The molecule has 3 rings (SSSR count). The van der Waals surface area contributed by atoms with Crippen molar-refractivity contribution < 1.29 is 9.47 Å². The lowest BCUT2D eigenvalue weighted by atomic mass is 10.2. The molecule has 24 heavy (non-hydrogen) atoms. The maximum Gasteiger partial charge on any atom is 0.156 e. The van der Waals surface area contributed by atoms with Gasteiger partial charge in [-0.25, -0.2) is 0 Å². The van der Waals surface area contributed by atoms with E-state index in [1.807, 2.05) is 42.5 Å². The van der Waals surface area contributed by atoms with Gasteiger partial charge in [0.25, 0.3) is 0 Å². The van der Waals surface area contributed by atoms with Crippen LogP contribution in [0, 0.1) is 0 Å². The summed E-state index contributed by atoms with van der Waals surface area (Å²) in [4.78, 5) is 0. The minimum atomic E-state index is 0.324. The summed E-state index contributed by atoms with van der Waals surface area (Å²) < 4.78 is 11.4. The second-order valence-electron chi connectivity index (χ2n) is 5.93. The highest BCUT2D eigenvalue weighted by Crippen LogP contribution is 2.34. The number of hydrogen-bond donors (Lipinski definition) is 1. The van der Waals surface area contributed by atoms with Crippen LogP contribution in [-0.4, -0.2) is 19.3 Å². The van der Waals surface area contributed by atoms with Crippen molar-refractivity contribution in [3.63, 3.8) is 0 Å². The van der Waals surface area contributed by atoms with Crippen LogP contribution in [0.25, 0.3) is 0 Å². The largest absolute Gasteiger partial charge is 0.486 e. The van der Waals surface area contributed by atoms with Crippen molar-refractivity contribution >= 4 is 23.2 Å². The van der Waals surface area contributed by atoms with Gasteiger partial charge < -0.3 is 14.8 Å². The summed E-state index contributed by atoms with van der Waals surface area (Å²) in [5, 5.41) is 4.46. The van der Waals surface area contributed by atoms with Crippen LogP contribution in [0.5, 0.6) is 5.75 Å². The van der Waals surface area contributed by atoms with Gasteiger partial charge in [-0.15, -0.1) is 0 Å². The van der Waals surface area contributed by atoms with Crippen molar-refractivity contribution in [3.05, 3.63) is 63.6 Å². The van der Waals surface area contributed by atoms with Crippen molar-refractivity contribution in [2.75, 3.05) is 13.2 Å². The molecule has 1 saturated heterocycles. The van der Waals surface area contributed by atoms with Crippen LogP contribution in [0.2, 0.25) is 10.0 Å². The van der Waals surface area contributed by atoms with E-state index in [2.05, 4.69) is 5.32 Å². The zero-order valence-corrected chi connectivity index (χ0v) is 14.9. The van der Waals surface area contributed by atoms with E-state index in [-0.39, 0.29) is 0 Å². The molecule has 1 fully saturated rings. The Morgan fingerprint density at radius 3 is 2.50 bits per heavy atom. The summed E-state index contributed by atoms with van der Waals surface area (Å²) in [6.07, 6.45) is 2.60. The molecule has 2 aromatic carbocycles. The second kappa shape index (κ2) is 8.72. The van der Waals surface area contributed by atoms with Gasteiger partial charge in [-0.05, 0) is 36.1 Å². The molecule has 3 nitrogen and oxygen atoms in total. The fourth-order valence-corrected chi connectivity index (χ4v) is 3.41. The molecule has 1 atom stereocenters. The maximum absolute atomic E-state index is 6.35. The second-order valence-corrected chi connectivity index (χ2v) is 6.74. The molecular formula is C19H21Cl2NO2. The van der Waals surface area contributed by atoms with Gasteiger partial charge in [0.15, 0.2) is 5.75 Å². The first-order valence-electron chi connectivity index (χ1n) is 8.19. The highest BCUT2D eigenvalue weighted by Gasteiger charge is 2.15. The molecule has 0 bridgehead atoms. The third-order valence-electron chi connectivity index (χ3n) is 4.01. The number of benzene rings is 2. The molecule has 0 spiro atoms. The maximum atomic E-state index is 6.35. The Morgan fingerprint density at radius 2 is 1.83 bits per heavy atom.